The number of fused-ring (bicyclic) bond motifs is 1. The van der Waals surface area contributed by atoms with Crippen molar-refractivity contribution in [2.24, 2.45) is 5.73 Å². The fourth-order valence-corrected chi connectivity index (χ4v) is 4.03. The van der Waals surface area contributed by atoms with Gasteiger partial charge in [-0.3, -0.25) is 4.90 Å². The average molecular weight is 273 g/mol. The van der Waals surface area contributed by atoms with Crippen LogP contribution >= 0.6 is 0 Å². The first kappa shape index (κ1) is 13.9. The van der Waals surface area contributed by atoms with Crippen LogP contribution in [0.5, 0.6) is 0 Å². The quantitative estimate of drug-likeness (QED) is 0.919. The van der Waals surface area contributed by atoms with Crippen LogP contribution in [0.15, 0.2) is 18.2 Å². The number of anilines is 1. The second kappa shape index (κ2) is 5.74. The molecule has 3 rings (SSSR count). The molecule has 3 heteroatoms. The van der Waals surface area contributed by atoms with Gasteiger partial charge in [-0.2, -0.15) is 0 Å². The van der Waals surface area contributed by atoms with Gasteiger partial charge >= 0.3 is 0 Å². The van der Waals surface area contributed by atoms with Crippen molar-refractivity contribution in [3.05, 3.63) is 29.3 Å². The van der Waals surface area contributed by atoms with Gasteiger partial charge in [-0.05, 0) is 30.0 Å². The van der Waals surface area contributed by atoms with Gasteiger partial charge < -0.3 is 10.6 Å². The Kier molecular flexibility index (Phi) is 3.99. The number of rotatable bonds is 3. The Labute approximate surface area is 122 Å². The summed E-state index contributed by atoms with van der Waals surface area (Å²) in [5.74, 6) is 0. The molecule has 1 aromatic carbocycles. The molecular formula is C17H27N3. The molecule has 0 saturated heterocycles. The van der Waals surface area contributed by atoms with Crippen molar-refractivity contribution in [3.8, 4) is 0 Å². The zero-order valence-corrected chi connectivity index (χ0v) is 12.8. The molecular weight excluding hydrogens is 246 g/mol. The number of nitrogens with two attached hydrogens (primary N) is 1. The molecule has 0 spiro atoms. The van der Waals surface area contributed by atoms with Crippen LogP contribution in [-0.2, 0) is 6.54 Å². The summed E-state index contributed by atoms with van der Waals surface area (Å²) in [6.45, 7) is 1.82. The second-order valence-electron chi connectivity index (χ2n) is 6.46. The predicted molar refractivity (Wildman–Crippen MR) is 85.0 cm³/mol. The van der Waals surface area contributed by atoms with E-state index in [0.29, 0.717) is 6.04 Å². The number of hydrogen-bond donors (Lipinski definition) is 1. The molecule has 0 amide bonds. The summed E-state index contributed by atoms with van der Waals surface area (Å²) < 4.78 is 0. The molecule has 1 aromatic rings. The van der Waals surface area contributed by atoms with Gasteiger partial charge in [0.1, 0.15) is 0 Å². The molecule has 2 aliphatic rings. The Morgan fingerprint density at radius 2 is 1.95 bits per heavy atom. The highest BCUT2D eigenvalue weighted by Gasteiger charge is 2.35. The van der Waals surface area contributed by atoms with E-state index in [-0.39, 0.29) is 0 Å². The van der Waals surface area contributed by atoms with E-state index in [9.17, 15) is 0 Å². The highest BCUT2D eigenvalue weighted by Crippen LogP contribution is 2.41. The number of hydrogen-bond acceptors (Lipinski definition) is 3. The monoisotopic (exact) mass is 273 g/mol. The minimum Gasteiger partial charge on any atom is -0.377 e. The topological polar surface area (TPSA) is 32.5 Å². The normalized spacial score (nSPS) is 23.9. The van der Waals surface area contributed by atoms with Gasteiger partial charge in [-0.25, -0.2) is 0 Å². The maximum absolute atomic E-state index is 6.12. The minimum absolute atomic E-state index is 0.424. The van der Waals surface area contributed by atoms with Crippen molar-refractivity contribution < 1.29 is 0 Å². The van der Waals surface area contributed by atoms with Gasteiger partial charge in [-0.15, -0.1) is 0 Å². The number of nitrogens with zero attached hydrogens (tertiary/aromatic N) is 2. The summed E-state index contributed by atoms with van der Waals surface area (Å²) in [7, 11) is 4.27. The summed E-state index contributed by atoms with van der Waals surface area (Å²) in [4.78, 5) is 4.91. The molecule has 0 aromatic heterocycles. The minimum atomic E-state index is 0.424. The Morgan fingerprint density at radius 1 is 1.20 bits per heavy atom. The lowest BCUT2D eigenvalue weighted by Crippen LogP contribution is -2.38. The van der Waals surface area contributed by atoms with Crippen LogP contribution in [0.3, 0.4) is 0 Å². The summed E-state index contributed by atoms with van der Waals surface area (Å²) in [6.07, 6.45) is 6.88. The summed E-state index contributed by atoms with van der Waals surface area (Å²) in [5, 5.41) is 0. The first-order chi connectivity index (χ1) is 9.72. The van der Waals surface area contributed by atoms with Crippen molar-refractivity contribution in [1.29, 1.82) is 0 Å². The van der Waals surface area contributed by atoms with Crippen LogP contribution in [0.4, 0.5) is 5.69 Å². The molecule has 3 nitrogen and oxygen atoms in total. The summed E-state index contributed by atoms with van der Waals surface area (Å²) in [5.41, 5.74) is 10.4. The van der Waals surface area contributed by atoms with Gasteiger partial charge in [0, 0.05) is 45.0 Å². The third-order valence-corrected chi connectivity index (χ3v) is 5.04. The van der Waals surface area contributed by atoms with Gasteiger partial charge in [0.25, 0.3) is 0 Å². The molecule has 1 atom stereocenters. The Balaban J connectivity index is 1.91. The van der Waals surface area contributed by atoms with Gasteiger partial charge in [-0.1, -0.05) is 31.4 Å². The van der Waals surface area contributed by atoms with Crippen molar-refractivity contribution >= 4 is 5.69 Å². The smallest absolute Gasteiger partial charge is 0.0480 e. The lowest BCUT2D eigenvalue weighted by Gasteiger charge is -2.35. The van der Waals surface area contributed by atoms with E-state index in [1.54, 1.807) is 0 Å². The van der Waals surface area contributed by atoms with Crippen molar-refractivity contribution in [2.75, 3.05) is 25.5 Å². The zero-order chi connectivity index (χ0) is 14.1. The maximum Gasteiger partial charge on any atom is 0.0480 e. The van der Waals surface area contributed by atoms with Crippen LogP contribution in [0, 0.1) is 0 Å². The van der Waals surface area contributed by atoms with E-state index in [0.717, 1.165) is 19.1 Å². The van der Waals surface area contributed by atoms with E-state index in [4.69, 9.17) is 5.73 Å². The average Bonchev–Trinajstić information content (AvgIpc) is 2.86. The molecule has 20 heavy (non-hydrogen) atoms. The van der Waals surface area contributed by atoms with Crippen molar-refractivity contribution in [3.63, 3.8) is 0 Å². The predicted octanol–water partition coefficient (Wildman–Crippen LogP) is 2.90. The molecule has 1 heterocycles. The van der Waals surface area contributed by atoms with E-state index >= 15 is 0 Å². The fraction of sp³-hybridized carbons (Fsp3) is 0.647. The number of benzene rings is 1. The largest absolute Gasteiger partial charge is 0.377 e. The third-order valence-electron chi connectivity index (χ3n) is 5.04. The van der Waals surface area contributed by atoms with Crippen molar-refractivity contribution in [2.45, 2.75) is 50.7 Å². The highest BCUT2D eigenvalue weighted by molar-refractivity contribution is 5.58. The van der Waals surface area contributed by atoms with E-state index in [2.05, 4.69) is 42.1 Å². The third kappa shape index (κ3) is 2.33. The van der Waals surface area contributed by atoms with Crippen LogP contribution in [0.25, 0.3) is 0 Å². The van der Waals surface area contributed by atoms with Crippen LogP contribution in [-0.4, -0.2) is 31.6 Å². The van der Waals surface area contributed by atoms with Crippen molar-refractivity contribution in [1.82, 2.24) is 4.90 Å². The van der Waals surface area contributed by atoms with Gasteiger partial charge in [0.15, 0.2) is 0 Å². The molecule has 2 N–H and O–H groups in total. The highest BCUT2D eigenvalue weighted by atomic mass is 15.2. The molecule has 1 fully saturated rings. The lowest BCUT2D eigenvalue weighted by molar-refractivity contribution is 0.117. The summed E-state index contributed by atoms with van der Waals surface area (Å²) >= 11 is 0. The van der Waals surface area contributed by atoms with E-state index in [1.807, 2.05) is 0 Å². The molecule has 1 unspecified atom stereocenters. The molecule has 0 bridgehead atoms. The molecule has 1 aliphatic heterocycles. The van der Waals surface area contributed by atoms with Crippen LogP contribution in [0.2, 0.25) is 0 Å². The Hall–Kier alpha value is -1.06. The maximum atomic E-state index is 6.12. The van der Waals surface area contributed by atoms with Gasteiger partial charge in [0.05, 0.1) is 0 Å². The van der Waals surface area contributed by atoms with Crippen LogP contribution < -0.4 is 10.6 Å². The fourth-order valence-electron chi connectivity index (χ4n) is 4.03. The first-order valence-corrected chi connectivity index (χ1v) is 7.97. The lowest BCUT2D eigenvalue weighted by atomic mass is 9.93. The van der Waals surface area contributed by atoms with E-state index in [1.165, 1.54) is 48.9 Å². The zero-order valence-electron chi connectivity index (χ0n) is 12.8. The SMILES string of the molecule is CN(C)c1cccc2c1CN(C1CCCCC1)C2CN. The Morgan fingerprint density at radius 3 is 2.60 bits per heavy atom. The first-order valence-electron chi connectivity index (χ1n) is 7.97. The molecule has 1 saturated carbocycles. The molecule has 0 radical (unpaired) electrons. The molecule has 110 valence electrons. The standard InChI is InChI=1S/C17H27N3/c1-19(2)16-10-6-9-14-15(16)12-20(17(14)11-18)13-7-4-3-5-8-13/h6,9-10,13,17H,3-5,7-8,11-12,18H2,1-2H3. The van der Waals surface area contributed by atoms with Crippen LogP contribution in [0.1, 0.15) is 49.3 Å². The van der Waals surface area contributed by atoms with E-state index < -0.39 is 0 Å². The Bertz CT molecular complexity index is 463. The summed E-state index contributed by atoms with van der Waals surface area (Å²) in [6, 6.07) is 7.86. The second-order valence-corrected chi connectivity index (χ2v) is 6.46. The molecule has 1 aliphatic carbocycles. The van der Waals surface area contributed by atoms with Gasteiger partial charge in [0.2, 0.25) is 0 Å².